The molecule has 2 aromatic carbocycles. The summed E-state index contributed by atoms with van der Waals surface area (Å²) in [7, 11) is 4.05. The topological polar surface area (TPSA) is 53.1 Å². The van der Waals surface area contributed by atoms with E-state index in [9.17, 15) is 0 Å². The van der Waals surface area contributed by atoms with Crippen molar-refractivity contribution in [1.29, 1.82) is 0 Å². The summed E-state index contributed by atoms with van der Waals surface area (Å²) in [5.41, 5.74) is 4.48. The second kappa shape index (κ2) is 7.66. The number of nitrogens with zero attached hydrogens (tertiary/aromatic N) is 3. The number of hydrogen-bond donors (Lipinski definition) is 2. The minimum atomic E-state index is 0.754. The van der Waals surface area contributed by atoms with Crippen molar-refractivity contribution in [1.82, 2.24) is 9.97 Å². The number of aryl methyl sites for hydroxylation is 1. The van der Waals surface area contributed by atoms with Gasteiger partial charge in [0.1, 0.15) is 18.0 Å². The Morgan fingerprint density at radius 2 is 1.56 bits per heavy atom. The van der Waals surface area contributed by atoms with Crippen LogP contribution in [0.2, 0.25) is 0 Å². The van der Waals surface area contributed by atoms with Crippen molar-refractivity contribution in [2.45, 2.75) is 13.3 Å². The van der Waals surface area contributed by atoms with E-state index in [0.717, 1.165) is 35.1 Å². The molecule has 0 saturated heterocycles. The van der Waals surface area contributed by atoms with Crippen molar-refractivity contribution in [2.24, 2.45) is 0 Å². The molecule has 3 rings (SSSR count). The molecule has 0 saturated carbocycles. The molecule has 1 heterocycles. The van der Waals surface area contributed by atoms with Gasteiger partial charge in [-0.05, 0) is 42.3 Å². The van der Waals surface area contributed by atoms with Crippen LogP contribution >= 0.6 is 0 Å². The van der Waals surface area contributed by atoms with Gasteiger partial charge < -0.3 is 15.5 Å². The van der Waals surface area contributed by atoms with Crippen LogP contribution in [-0.4, -0.2) is 24.1 Å². The van der Waals surface area contributed by atoms with E-state index in [1.807, 2.05) is 44.4 Å². The van der Waals surface area contributed by atoms with Gasteiger partial charge in [0.2, 0.25) is 0 Å². The van der Waals surface area contributed by atoms with Gasteiger partial charge in [0.05, 0.1) is 0 Å². The predicted octanol–water partition coefficient (Wildman–Crippen LogP) is 4.59. The molecule has 0 aliphatic heterocycles. The van der Waals surface area contributed by atoms with Gasteiger partial charge in [-0.3, -0.25) is 0 Å². The Labute approximate surface area is 148 Å². The third kappa shape index (κ3) is 4.26. The summed E-state index contributed by atoms with van der Waals surface area (Å²) in [6.07, 6.45) is 2.53. The fraction of sp³-hybridized carbons (Fsp3) is 0.200. The summed E-state index contributed by atoms with van der Waals surface area (Å²) in [4.78, 5) is 10.7. The van der Waals surface area contributed by atoms with Crippen LogP contribution in [0.3, 0.4) is 0 Å². The summed E-state index contributed by atoms with van der Waals surface area (Å²) >= 11 is 0. The number of hydrogen-bond acceptors (Lipinski definition) is 5. The minimum absolute atomic E-state index is 0.754. The van der Waals surface area contributed by atoms with E-state index in [2.05, 4.69) is 56.7 Å². The number of benzene rings is 2. The van der Waals surface area contributed by atoms with Gasteiger partial charge in [-0.2, -0.15) is 0 Å². The largest absolute Gasteiger partial charge is 0.378 e. The molecule has 0 atom stereocenters. The number of rotatable bonds is 6. The third-order valence-electron chi connectivity index (χ3n) is 3.98. The fourth-order valence-electron chi connectivity index (χ4n) is 2.57. The van der Waals surface area contributed by atoms with Gasteiger partial charge in [0.15, 0.2) is 0 Å². The Balaban J connectivity index is 1.75. The molecule has 0 spiro atoms. The smallest absolute Gasteiger partial charge is 0.135 e. The van der Waals surface area contributed by atoms with E-state index >= 15 is 0 Å². The van der Waals surface area contributed by atoms with Crippen LogP contribution in [0.1, 0.15) is 12.5 Å². The Morgan fingerprint density at radius 3 is 2.24 bits per heavy atom. The van der Waals surface area contributed by atoms with Crippen molar-refractivity contribution in [3.05, 3.63) is 66.5 Å². The van der Waals surface area contributed by atoms with Crippen molar-refractivity contribution in [2.75, 3.05) is 29.6 Å². The molecule has 0 radical (unpaired) electrons. The predicted molar refractivity (Wildman–Crippen MR) is 105 cm³/mol. The van der Waals surface area contributed by atoms with Crippen LogP contribution in [0, 0.1) is 0 Å². The quantitative estimate of drug-likeness (QED) is 0.691. The van der Waals surface area contributed by atoms with E-state index in [0.29, 0.717) is 0 Å². The second-order valence-electron chi connectivity index (χ2n) is 5.99. The number of nitrogens with one attached hydrogen (secondary N) is 2. The molecule has 1 aromatic heterocycles. The highest BCUT2D eigenvalue weighted by atomic mass is 15.1. The highest BCUT2D eigenvalue weighted by Crippen LogP contribution is 2.23. The summed E-state index contributed by atoms with van der Waals surface area (Å²) in [6, 6.07) is 18.4. The van der Waals surface area contributed by atoms with E-state index in [4.69, 9.17) is 0 Å². The minimum Gasteiger partial charge on any atom is -0.378 e. The van der Waals surface area contributed by atoms with Crippen LogP contribution < -0.4 is 15.5 Å². The van der Waals surface area contributed by atoms with E-state index in [1.54, 1.807) is 6.33 Å². The molecular weight excluding hydrogens is 310 g/mol. The Hall–Kier alpha value is -3.08. The molecule has 0 amide bonds. The lowest BCUT2D eigenvalue weighted by atomic mass is 10.1. The monoisotopic (exact) mass is 333 g/mol. The van der Waals surface area contributed by atoms with Crippen LogP contribution in [0.5, 0.6) is 0 Å². The maximum Gasteiger partial charge on any atom is 0.135 e. The SMILES string of the molecule is CCc1ccccc1Nc1cc(Nc2ccc(N(C)C)cc2)ncn1. The number of para-hydroxylation sites is 1. The van der Waals surface area contributed by atoms with Gasteiger partial charge in [-0.15, -0.1) is 0 Å². The van der Waals surface area contributed by atoms with Crippen LogP contribution in [0.15, 0.2) is 60.9 Å². The van der Waals surface area contributed by atoms with Crippen molar-refractivity contribution < 1.29 is 0 Å². The van der Waals surface area contributed by atoms with Gasteiger partial charge in [-0.25, -0.2) is 9.97 Å². The van der Waals surface area contributed by atoms with Crippen molar-refractivity contribution >= 4 is 28.7 Å². The Morgan fingerprint density at radius 1 is 0.880 bits per heavy atom. The molecule has 0 aliphatic carbocycles. The summed E-state index contributed by atoms with van der Waals surface area (Å²) < 4.78 is 0. The average molecular weight is 333 g/mol. The first-order chi connectivity index (χ1) is 12.2. The number of aromatic nitrogens is 2. The lowest BCUT2D eigenvalue weighted by Crippen LogP contribution is -2.08. The van der Waals surface area contributed by atoms with Gasteiger partial charge >= 0.3 is 0 Å². The van der Waals surface area contributed by atoms with Gasteiger partial charge in [-0.1, -0.05) is 25.1 Å². The Bertz CT molecular complexity index is 827. The first-order valence-corrected chi connectivity index (χ1v) is 8.37. The third-order valence-corrected chi connectivity index (χ3v) is 3.98. The zero-order valence-corrected chi connectivity index (χ0v) is 14.8. The zero-order chi connectivity index (χ0) is 17.6. The van der Waals surface area contributed by atoms with Crippen LogP contribution in [0.25, 0.3) is 0 Å². The standard InChI is InChI=1S/C20H23N5/c1-4-15-7-5-6-8-18(15)24-20-13-19(21-14-22-20)23-16-9-11-17(12-10-16)25(2)3/h5-14H,4H2,1-3H3,(H2,21,22,23,24). The summed E-state index contributed by atoms with van der Waals surface area (Å²) in [5.74, 6) is 1.52. The first kappa shape index (κ1) is 16.8. The highest BCUT2D eigenvalue weighted by Gasteiger charge is 2.04. The fourth-order valence-corrected chi connectivity index (χ4v) is 2.57. The van der Waals surface area contributed by atoms with Gasteiger partial charge in [0.25, 0.3) is 0 Å². The maximum atomic E-state index is 4.32. The van der Waals surface area contributed by atoms with Crippen molar-refractivity contribution in [3.8, 4) is 0 Å². The lowest BCUT2D eigenvalue weighted by molar-refractivity contribution is 1.13. The molecule has 25 heavy (non-hydrogen) atoms. The van der Waals surface area contributed by atoms with E-state index in [-0.39, 0.29) is 0 Å². The van der Waals surface area contributed by atoms with E-state index < -0.39 is 0 Å². The molecule has 0 aliphatic rings. The molecule has 0 unspecified atom stereocenters. The lowest BCUT2D eigenvalue weighted by Gasteiger charge is -2.14. The molecule has 3 aromatic rings. The van der Waals surface area contributed by atoms with E-state index in [1.165, 1.54) is 5.56 Å². The molecule has 2 N–H and O–H groups in total. The second-order valence-corrected chi connectivity index (χ2v) is 5.99. The molecular formula is C20H23N5. The molecule has 128 valence electrons. The van der Waals surface area contributed by atoms with Crippen LogP contribution in [0.4, 0.5) is 28.7 Å². The summed E-state index contributed by atoms with van der Waals surface area (Å²) in [5, 5.41) is 6.69. The first-order valence-electron chi connectivity index (χ1n) is 8.37. The molecule has 5 nitrogen and oxygen atoms in total. The maximum absolute atomic E-state index is 4.32. The van der Waals surface area contributed by atoms with Crippen LogP contribution in [-0.2, 0) is 6.42 Å². The number of anilines is 5. The molecule has 0 fully saturated rings. The highest BCUT2D eigenvalue weighted by molar-refractivity contribution is 5.65. The molecule has 5 heteroatoms. The normalized spacial score (nSPS) is 10.4. The summed E-state index contributed by atoms with van der Waals surface area (Å²) in [6.45, 7) is 2.14. The van der Waals surface area contributed by atoms with Gasteiger partial charge in [0, 0.05) is 37.2 Å². The zero-order valence-electron chi connectivity index (χ0n) is 14.8. The average Bonchev–Trinajstić information content (AvgIpc) is 2.63. The van der Waals surface area contributed by atoms with Crippen molar-refractivity contribution in [3.63, 3.8) is 0 Å². The molecule has 0 bridgehead atoms. The Kier molecular flexibility index (Phi) is 5.14.